The lowest BCUT2D eigenvalue weighted by Gasteiger charge is -2.22. The van der Waals surface area contributed by atoms with Crippen LogP contribution in [0.3, 0.4) is 0 Å². The third-order valence-electron chi connectivity index (χ3n) is 3.28. The molecule has 0 saturated heterocycles. The maximum Gasteiger partial charge on any atom is 0.242 e. The third-order valence-corrected chi connectivity index (χ3v) is 5.56. The van der Waals surface area contributed by atoms with Gasteiger partial charge < -0.3 is 4.90 Å². The summed E-state index contributed by atoms with van der Waals surface area (Å²) in [6.45, 7) is 1.56. The van der Waals surface area contributed by atoms with Crippen molar-refractivity contribution < 1.29 is 13.2 Å². The van der Waals surface area contributed by atoms with Gasteiger partial charge in [-0.2, -0.15) is 0 Å². The highest BCUT2D eigenvalue weighted by Gasteiger charge is 2.19. The molecule has 2 rings (SSSR count). The van der Waals surface area contributed by atoms with E-state index in [1.807, 2.05) is 0 Å². The number of amides is 1. The molecule has 2 aromatic rings. The second-order valence-corrected chi connectivity index (χ2v) is 7.50. The van der Waals surface area contributed by atoms with Crippen molar-refractivity contribution in [1.29, 1.82) is 0 Å². The fraction of sp³-hybridized carbons (Fsp3) is 0.188. The molecular formula is C16H16Cl2N2O3S. The third kappa shape index (κ3) is 4.48. The Morgan fingerprint density at radius 3 is 2.21 bits per heavy atom. The quantitative estimate of drug-likeness (QED) is 0.827. The Hall–Kier alpha value is -1.60. The van der Waals surface area contributed by atoms with Crippen molar-refractivity contribution in [3.63, 3.8) is 0 Å². The predicted molar refractivity (Wildman–Crippen MR) is 96.1 cm³/mol. The number of halogens is 2. The molecule has 0 fully saturated rings. The largest absolute Gasteiger partial charge is 0.310 e. The standard InChI is InChI=1S/C16H16Cl2N2O3S/c1-12(21)20(15-8-4-2-6-13(15)17)11-10-19-24(22,23)16-9-5-3-7-14(16)18/h2-9,19H,10-11H2,1H3. The first-order chi connectivity index (χ1) is 11.3. The van der Waals surface area contributed by atoms with Crippen molar-refractivity contribution in [2.24, 2.45) is 0 Å². The molecule has 0 heterocycles. The van der Waals surface area contributed by atoms with Gasteiger partial charge in [-0.3, -0.25) is 4.79 Å². The summed E-state index contributed by atoms with van der Waals surface area (Å²) >= 11 is 12.0. The van der Waals surface area contributed by atoms with Crippen LogP contribution in [0, 0.1) is 0 Å². The van der Waals surface area contributed by atoms with Gasteiger partial charge in [-0.1, -0.05) is 47.5 Å². The molecule has 0 bridgehead atoms. The van der Waals surface area contributed by atoms with E-state index in [-0.39, 0.29) is 28.9 Å². The van der Waals surface area contributed by atoms with Gasteiger partial charge >= 0.3 is 0 Å². The van der Waals surface area contributed by atoms with Crippen molar-refractivity contribution in [3.05, 3.63) is 58.6 Å². The molecule has 2 aromatic carbocycles. The summed E-state index contributed by atoms with van der Waals surface area (Å²) in [5.41, 5.74) is 0.531. The highest BCUT2D eigenvalue weighted by molar-refractivity contribution is 7.89. The van der Waals surface area contributed by atoms with Gasteiger partial charge in [-0.15, -0.1) is 0 Å². The lowest BCUT2D eigenvalue weighted by molar-refractivity contribution is -0.116. The van der Waals surface area contributed by atoms with E-state index < -0.39 is 10.0 Å². The maximum absolute atomic E-state index is 12.3. The number of nitrogens with zero attached hydrogens (tertiary/aromatic N) is 1. The van der Waals surface area contributed by atoms with Crippen LogP contribution in [0.4, 0.5) is 5.69 Å². The Balaban J connectivity index is 2.10. The molecule has 0 aromatic heterocycles. The minimum Gasteiger partial charge on any atom is -0.310 e. The van der Waals surface area contributed by atoms with E-state index in [4.69, 9.17) is 23.2 Å². The average Bonchev–Trinajstić information content (AvgIpc) is 2.52. The molecule has 0 aliphatic rings. The zero-order valence-electron chi connectivity index (χ0n) is 12.9. The molecule has 8 heteroatoms. The molecule has 0 radical (unpaired) electrons. The van der Waals surface area contributed by atoms with E-state index in [9.17, 15) is 13.2 Å². The summed E-state index contributed by atoms with van der Waals surface area (Å²) in [7, 11) is -3.76. The fourth-order valence-electron chi connectivity index (χ4n) is 2.15. The van der Waals surface area contributed by atoms with E-state index in [1.165, 1.54) is 24.0 Å². The van der Waals surface area contributed by atoms with Gasteiger partial charge in [0, 0.05) is 20.0 Å². The zero-order valence-corrected chi connectivity index (χ0v) is 15.2. The van der Waals surface area contributed by atoms with Crippen molar-refractivity contribution >= 4 is 44.8 Å². The Bertz CT molecular complexity index is 841. The summed E-state index contributed by atoms with van der Waals surface area (Å²) in [5, 5.41) is 0.557. The van der Waals surface area contributed by atoms with E-state index in [0.29, 0.717) is 10.7 Å². The number of sulfonamides is 1. The smallest absolute Gasteiger partial charge is 0.242 e. The molecular weight excluding hydrogens is 371 g/mol. The van der Waals surface area contributed by atoms with Crippen LogP contribution in [0.5, 0.6) is 0 Å². The average molecular weight is 387 g/mol. The highest BCUT2D eigenvalue weighted by atomic mass is 35.5. The number of anilines is 1. The van der Waals surface area contributed by atoms with Gasteiger partial charge in [0.2, 0.25) is 15.9 Å². The van der Waals surface area contributed by atoms with Crippen LogP contribution in [0.15, 0.2) is 53.4 Å². The monoisotopic (exact) mass is 386 g/mol. The summed E-state index contributed by atoms with van der Waals surface area (Å²) in [5.74, 6) is -0.236. The second kappa shape index (κ2) is 7.98. The van der Waals surface area contributed by atoms with E-state index >= 15 is 0 Å². The van der Waals surface area contributed by atoms with Crippen LogP contribution in [0.1, 0.15) is 6.92 Å². The van der Waals surface area contributed by atoms with E-state index in [2.05, 4.69) is 4.72 Å². The number of carbonyl (C=O) groups is 1. The van der Waals surface area contributed by atoms with Gasteiger partial charge in [-0.05, 0) is 24.3 Å². The Labute approximate surface area is 151 Å². The number of benzene rings is 2. The van der Waals surface area contributed by atoms with Crippen LogP contribution in [-0.2, 0) is 14.8 Å². The zero-order chi connectivity index (χ0) is 17.7. The van der Waals surface area contributed by atoms with Crippen molar-refractivity contribution in [2.75, 3.05) is 18.0 Å². The fourth-order valence-corrected chi connectivity index (χ4v) is 3.93. The molecule has 0 spiro atoms. The number of para-hydroxylation sites is 1. The minimum atomic E-state index is -3.76. The maximum atomic E-state index is 12.3. The SMILES string of the molecule is CC(=O)N(CCNS(=O)(=O)c1ccccc1Cl)c1ccccc1Cl. The van der Waals surface area contributed by atoms with Crippen molar-refractivity contribution in [2.45, 2.75) is 11.8 Å². The summed E-state index contributed by atoms with van der Waals surface area (Å²) < 4.78 is 27.0. The lowest BCUT2D eigenvalue weighted by Crippen LogP contribution is -2.37. The Morgan fingerprint density at radius 1 is 1.04 bits per heavy atom. The summed E-state index contributed by atoms with van der Waals surface area (Å²) in [6.07, 6.45) is 0. The normalized spacial score (nSPS) is 11.3. The number of nitrogens with one attached hydrogen (secondary N) is 1. The predicted octanol–water partition coefficient (Wildman–Crippen LogP) is 3.32. The molecule has 0 atom stereocenters. The van der Waals surface area contributed by atoms with Gasteiger partial charge in [0.15, 0.2) is 0 Å². The molecule has 0 unspecified atom stereocenters. The number of hydrogen-bond acceptors (Lipinski definition) is 3. The minimum absolute atomic E-state index is 0.00112. The van der Waals surface area contributed by atoms with E-state index in [1.54, 1.807) is 36.4 Å². The summed E-state index contributed by atoms with van der Waals surface area (Å²) in [4.78, 5) is 13.3. The van der Waals surface area contributed by atoms with Gasteiger partial charge in [0.25, 0.3) is 0 Å². The summed E-state index contributed by atoms with van der Waals surface area (Å²) in [6, 6.07) is 13.0. The van der Waals surface area contributed by atoms with Gasteiger partial charge in [-0.25, -0.2) is 13.1 Å². The van der Waals surface area contributed by atoms with Gasteiger partial charge in [0.05, 0.1) is 15.7 Å². The number of rotatable bonds is 6. The molecule has 24 heavy (non-hydrogen) atoms. The Kier molecular flexibility index (Phi) is 6.23. The van der Waals surface area contributed by atoms with E-state index in [0.717, 1.165) is 0 Å². The number of hydrogen-bond donors (Lipinski definition) is 1. The Morgan fingerprint density at radius 2 is 1.62 bits per heavy atom. The highest BCUT2D eigenvalue weighted by Crippen LogP contribution is 2.25. The van der Waals surface area contributed by atoms with Crippen LogP contribution in [0.2, 0.25) is 10.0 Å². The van der Waals surface area contributed by atoms with Crippen molar-refractivity contribution in [1.82, 2.24) is 4.72 Å². The molecule has 1 N–H and O–H groups in total. The second-order valence-electron chi connectivity index (χ2n) is 4.95. The lowest BCUT2D eigenvalue weighted by atomic mass is 10.3. The first kappa shape index (κ1) is 18.7. The molecule has 0 aliphatic carbocycles. The first-order valence-electron chi connectivity index (χ1n) is 7.10. The molecule has 0 aliphatic heterocycles. The number of carbonyl (C=O) groups excluding carboxylic acids is 1. The van der Waals surface area contributed by atoms with Crippen LogP contribution < -0.4 is 9.62 Å². The van der Waals surface area contributed by atoms with Gasteiger partial charge in [0.1, 0.15) is 4.90 Å². The van der Waals surface area contributed by atoms with Crippen LogP contribution >= 0.6 is 23.2 Å². The molecule has 1 amide bonds. The molecule has 128 valence electrons. The topological polar surface area (TPSA) is 66.5 Å². The van der Waals surface area contributed by atoms with Crippen LogP contribution in [0.25, 0.3) is 0 Å². The first-order valence-corrected chi connectivity index (χ1v) is 9.33. The molecule has 5 nitrogen and oxygen atoms in total. The van der Waals surface area contributed by atoms with Crippen molar-refractivity contribution in [3.8, 4) is 0 Å². The molecule has 0 saturated carbocycles. The van der Waals surface area contributed by atoms with Crippen LogP contribution in [-0.4, -0.2) is 27.4 Å².